The first-order valence-electron chi connectivity index (χ1n) is 5.68. The molecule has 1 atom stereocenters. The molecule has 2 rings (SSSR count). The first-order chi connectivity index (χ1) is 8.99. The van der Waals surface area contributed by atoms with E-state index in [-0.39, 0.29) is 11.8 Å². The molecule has 0 saturated carbocycles. The molecule has 2 aromatic carbocycles. The van der Waals surface area contributed by atoms with Gasteiger partial charge in [-0.15, -0.1) is 0 Å². The molecule has 2 aromatic rings. The number of hydrogen-bond donors (Lipinski definition) is 2. The lowest BCUT2D eigenvalue weighted by molar-refractivity contribution is 0.465. The van der Waals surface area contributed by atoms with Crippen molar-refractivity contribution in [1.29, 1.82) is 0 Å². The SMILES string of the molecule is CC(Nc1c(Cl)cc(Br)cc1Cl)c1ccccc1O. The van der Waals surface area contributed by atoms with Crippen LogP contribution in [0.5, 0.6) is 5.75 Å². The highest BCUT2D eigenvalue weighted by Gasteiger charge is 2.14. The molecule has 0 bridgehead atoms. The van der Waals surface area contributed by atoms with E-state index >= 15 is 0 Å². The maximum Gasteiger partial charge on any atom is 0.120 e. The number of rotatable bonds is 3. The second-order valence-corrected chi connectivity index (χ2v) is 5.90. The van der Waals surface area contributed by atoms with Gasteiger partial charge in [-0.3, -0.25) is 0 Å². The Hall–Kier alpha value is -0.900. The van der Waals surface area contributed by atoms with Crippen molar-refractivity contribution in [3.63, 3.8) is 0 Å². The van der Waals surface area contributed by atoms with Crippen LogP contribution in [-0.4, -0.2) is 5.11 Å². The number of halogens is 3. The van der Waals surface area contributed by atoms with Crippen LogP contribution in [-0.2, 0) is 0 Å². The molecular formula is C14H12BrCl2NO. The van der Waals surface area contributed by atoms with Crippen LogP contribution < -0.4 is 5.32 Å². The van der Waals surface area contributed by atoms with Gasteiger partial charge in [0.25, 0.3) is 0 Å². The summed E-state index contributed by atoms with van der Waals surface area (Å²) in [5, 5.41) is 14.1. The molecule has 1 unspecified atom stereocenters. The van der Waals surface area contributed by atoms with Crippen molar-refractivity contribution >= 4 is 44.8 Å². The highest BCUT2D eigenvalue weighted by molar-refractivity contribution is 9.10. The van der Waals surface area contributed by atoms with Gasteiger partial charge in [-0.05, 0) is 25.1 Å². The molecule has 0 amide bonds. The molecule has 0 spiro atoms. The predicted molar refractivity (Wildman–Crippen MR) is 84.3 cm³/mol. The van der Waals surface area contributed by atoms with Gasteiger partial charge in [-0.25, -0.2) is 0 Å². The summed E-state index contributed by atoms with van der Waals surface area (Å²) in [5.74, 6) is 0.242. The number of benzene rings is 2. The first kappa shape index (κ1) is 14.5. The number of aromatic hydroxyl groups is 1. The summed E-state index contributed by atoms with van der Waals surface area (Å²) in [6, 6.07) is 10.6. The van der Waals surface area contributed by atoms with Crippen molar-refractivity contribution in [2.75, 3.05) is 5.32 Å². The van der Waals surface area contributed by atoms with Crippen molar-refractivity contribution in [1.82, 2.24) is 0 Å². The van der Waals surface area contributed by atoms with Crippen molar-refractivity contribution in [3.8, 4) is 5.75 Å². The molecule has 2 nitrogen and oxygen atoms in total. The monoisotopic (exact) mass is 359 g/mol. The molecule has 100 valence electrons. The van der Waals surface area contributed by atoms with E-state index in [0.29, 0.717) is 15.7 Å². The third-order valence-corrected chi connectivity index (χ3v) is 3.83. The number of anilines is 1. The van der Waals surface area contributed by atoms with Gasteiger partial charge in [0.05, 0.1) is 21.8 Å². The van der Waals surface area contributed by atoms with E-state index in [1.165, 1.54) is 0 Å². The van der Waals surface area contributed by atoms with Crippen LogP contribution in [0.3, 0.4) is 0 Å². The summed E-state index contributed by atoms with van der Waals surface area (Å²) in [4.78, 5) is 0. The fourth-order valence-corrected chi connectivity index (χ4v) is 3.15. The molecule has 5 heteroatoms. The van der Waals surface area contributed by atoms with E-state index in [0.717, 1.165) is 10.0 Å². The highest BCUT2D eigenvalue weighted by Crippen LogP contribution is 2.37. The molecule has 0 radical (unpaired) electrons. The molecule has 0 saturated heterocycles. The van der Waals surface area contributed by atoms with Gasteiger partial charge < -0.3 is 10.4 Å². The summed E-state index contributed by atoms with van der Waals surface area (Å²) < 4.78 is 0.822. The van der Waals surface area contributed by atoms with Crippen LogP contribution in [0, 0.1) is 0 Å². The lowest BCUT2D eigenvalue weighted by Crippen LogP contribution is -2.07. The molecule has 0 fully saturated rings. The predicted octanol–water partition coefficient (Wildman–Crippen LogP) is 5.63. The van der Waals surface area contributed by atoms with E-state index in [4.69, 9.17) is 23.2 Å². The van der Waals surface area contributed by atoms with Gasteiger partial charge in [0.2, 0.25) is 0 Å². The lowest BCUT2D eigenvalue weighted by Gasteiger charge is -2.19. The molecule has 0 aliphatic heterocycles. The highest BCUT2D eigenvalue weighted by atomic mass is 79.9. The number of hydrogen-bond acceptors (Lipinski definition) is 2. The van der Waals surface area contributed by atoms with Crippen molar-refractivity contribution in [2.24, 2.45) is 0 Å². The Morgan fingerprint density at radius 1 is 1.16 bits per heavy atom. The second-order valence-electron chi connectivity index (χ2n) is 4.17. The summed E-state index contributed by atoms with van der Waals surface area (Å²) in [7, 11) is 0. The van der Waals surface area contributed by atoms with Crippen LogP contribution in [0.25, 0.3) is 0 Å². The summed E-state index contributed by atoms with van der Waals surface area (Å²) >= 11 is 15.7. The largest absolute Gasteiger partial charge is 0.508 e. The Balaban J connectivity index is 2.29. The van der Waals surface area contributed by atoms with Gasteiger partial charge in [-0.1, -0.05) is 57.3 Å². The molecule has 0 aliphatic carbocycles. The van der Waals surface area contributed by atoms with E-state index in [9.17, 15) is 5.11 Å². The van der Waals surface area contributed by atoms with Gasteiger partial charge in [-0.2, -0.15) is 0 Å². The third-order valence-electron chi connectivity index (χ3n) is 2.77. The van der Waals surface area contributed by atoms with Crippen LogP contribution >= 0.6 is 39.1 Å². The second kappa shape index (κ2) is 6.04. The topological polar surface area (TPSA) is 32.3 Å². The zero-order chi connectivity index (χ0) is 14.0. The third kappa shape index (κ3) is 3.35. The van der Waals surface area contributed by atoms with Crippen molar-refractivity contribution in [2.45, 2.75) is 13.0 Å². The Bertz CT molecular complexity index is 581. The van der Waals surface area contributed by atoms with E-state index in [2.05, 4.69) is 21.2 Å². The number of phenols is 1. The minimum Gasteiger partial charge on any atom is -0.508 e. The summed E-state index contributed by atoms with van der Waals surface area (Å²) in [6.45, 7) is 1.93. The summed E-state index contributed by atoms with van der Waals surface area (Å²) in [6.07, 6.45) is 0. The van der Waals surface area contributed by atoms with Crippen LogP contribution in [0.4, 0.5) is 5.69 Å². The van der Waals surface area contributed by atoms with Gasteiger partial charge in [0.15, 0.2) is 0 Å². The van der Waals surface area contributed by atoms with Gasteiger partial charge >= 0.3 is 0 Å². The minimum absolute atomic E-state index is 0.114. The van der Waals surface area contributed by atoms with E-state index in [1.54, 1.807) is 24.3 Å². The average Bonchev–Trinajstić information content (AvgIpc) is 2.34. The molecule has 0 aromatic heterocycles. The first-order valence-corrected chi connectivity index (χ1v) is 7.23. The number of para-hydroxylation sites is 1. The Labute approximate surface area is 130 Å². The number of nitrogens with one attached hydrogen (secondary N) is 1. The van der Waals surface area contributed by atoms with Gasteiger partial charge in [0.1, 0.15) is 5.75 Å². The standard InChI is InChI=1S/C14H12BrCl2NO/c1-8(10-4-2-3-5-13(10)19)18-14-11(16)6-9(15)7-12(14)17/h2-8,18-19H,1H3. The maximum atomic E-state index is 9.83. The maximum absolute atomic E-state index is 9.83. The molecule has 0 heterocycles. The minimum atomic E-state index is -0.114. The molecule has 2 N–H and O–H groups in total. The van der Waals surface area contributed by atoms with Crippen molar-refractivity contribution in [3.05, 3.63) is 56.5 Å². The average molecular weight is 361 g/mol. The van der Waals surface area contributed by atoms with E-state index < -0.39 is 0 Å². The zero-order valence-electron chi connectivity index (χ0n) is 10.1. The Morgan fingerprint density at radius 3 is 2.32 bits per heavy atom. The quantitative estimate of drug-likeness (QED) is 0.742. The fourth-order valence-electron chi connectivity index (χ4n) is 1.83. The van der Waals surface area contributed by atoms with E-state index in [1.807, 2.05) is 19.1 Å². The molecule has 19 heavy (non-hydrogen) atoms. The zero-order valence-corrected chi connectivity index (χ0v) is 13.2. The van der Waals surface area contributed by atoms with Crippen molar-refractivity contribution < 1.29 is 5.11 Å². The smallest absolute Gasteiger partial charge is 0.120 e. The molecular weight excluding hydrogens is 349 g/mol. The molecule has 0 aliphatic rings. The van der Waals surface area contributed by atoms with Gasteiger partial charge in [0, 0.05) is 10.0 Å². The Morgan fingerprint density at radius 2 is 1.74 bits per heavy atom. The fraction of sp³-hybridized carbons (Fsp3) is 0.143. The summed E-state index contributed by atoms with van der Waals surface area (Å²) in [5.41, 5.74) is 1.44. The van der Waals surface area contributed by atoms with Crippen LogP contribution in [0.15, 0.2) is 40.9 Å². The van der Waals surface area contributed by atoms with Crippen LogP contribution in [0.2, 0.25) is 10.0 Å². The Kier molecular flexibility index (Phi) is 4.61. The normalized spacial score (nSPS) is 12.2. The van der Waals surface area contributed by atoms with Crippen LogP contribution in [0.1, 0.15) is 18.5 Å². The number of phenolic OH excluding ortho intramolecular Hbond substituents is 1. The lowest BCUT2D eigenvalue weighted by atomic mass is 10.1.